The van der Waals surface area contributed by atoms with Gasteiger partial charge in [0.15, 0.2) is 0 Å². The lowest BCUT2D eigenvalue weighted by Crippen LogP contribution is -2.62. The van der Waals surface area contributed by atoms with Gasteiger partial charge in [-0.05, 0) is 12.1 Å². The Hall–Kier alpha value is -2.12. The van der Waals surface area contributed by atoms with Crippen LogP contribution in [0.1, 0.15) is 0 Å². The number of carbonyl (C=O) groups excluding carboxylic acids is 1. The highest BCUT2D eigenvalue weighted by Crippen LogP contribution is 2.51. The Morgan fingerprint density at radius 1 is 0.769 bits per heavy atom. The van der Waals surface area contributed by atoms with Crippen LogP contribution in [0, 0.1) is 0 Å². The number of rotatable bonds is 5. The average molecular weight is 405 g/mol. The van der Waals surface area contributed by atoms with E-state index >= 15 is 0 Å². The van der Waals surface area contributed by atoms with E-state index in [1.54, 1.807) is 0 Å². The highest BCUT2D eigenvalue weighted by atomic mass is 19.4. The maximum atomic E-state index is 13.9. The van der Waals surface area contributed by atoms with Gasteiger partial charge >= 0.3 is 30.2 Å². The molecular formula is C12H6F11NO2. The van der Waals surface area contributed by atoms with Gasteiger partial charge in [0, 0.05) is 5.69 Å². The van der Waals surface area contributed by atoms with Gasteiger partial charge in [-0.2, -0.15) is 48.3 Å². The number of halogens is 11. The van der Waals surface area contributed by atoms with E-state index in [-0.39, 0.29) is 0 Å². The number of nitrogens with one attached hydrogen (secondary N) is 1. The maximum absolute atomic E-state index is 13.9. The normalized spacial score (nSPS) is 16.1. The topological polar surface area (TPSA) is 38.3 Å². The summed E-state index contributed by atoms with van der Waals surface area (Å²) in [4.78, 5) is 11.3. The summed E-state index contributed by atoms with van der Waals surface area (Å²) in [5.41, 5.74) is -0.613. The molecule has 0 saturated heterocycles. The molecule has 0 spiro atoms. The molecule has 0 bridgehead atoms. The van der Waals surface area contributed by atoms with Crippen LogP contribution in [0.2, 0.25) is 0 Å². The maximum Gasteiger partial charge on any atom is 0.462 e. The lowest BCUT2D eigenvalue weighted by atomic mass is 10.2. The fourth-order valence-corrected chi connectivity index (χ4v) is 1.37. The molecule has 1 atom stereocenters. The van der Waals surface area contributed by atoms with Crippen molar-refractivity contribution in [2.45, 2.75) is 30.2 Å². The molecule has 0 aromatic heterocycles. The van der Waals surface area contributed by atoms with E-state index in [1.807, 2.05) is 0 Å². The zero-order chi connectivity index (χ0) is 20.6. The Kier molecular flexibility index (Phi) is 5.53. The van der Waals surface area contributed by atoms with Crippen molar-refractivity contribution in [3.05, 3.63) is 30.3 Å². The first-order valence-electron chi connectivity index (χ1n) is 6.10. The van der Waals surface area contributed by atoms with Gasteiger partial charge in [-0.25, -0.2) is 0 Å². The zero-order valence-electron chi connectivity index (χ0n) is 11.9. The SMILES string of the molecule is O=C(Nc1ccccc1)C(F)(OC(F)(F)C(F)(F)C(F)(F)F)C(F)(F)F. The number of ether oxygens (including phenoxy) is 1. The summed E-state index contributed by atoms with van der Waals surface area (Å²) in [5.74, 6) is -16.5. The molecule has 0 heterocycles. The molecule has 0 saturated carbocycles. The highest BCUT2D eigenvalue weighted by Gasteiger charge is 2.79. The minimum Gasteiger partial charge on any atom is -0.321 e. The largest absolute Gasteiger partial charge is 0.462 e. The van der Waals surface area contributed by atoms with E-state index in [2.05, 4.69) is 4.74 Å². The fraction of sp³-hybridized carbons (Fsp3) is 0.417. The van der Waals surface area contributed by atoms with Crippen molar-refractivity contribution < 1.29 is 57.8 Å². The van der Waals surface area contributed by atoms with Crippen molar-refractivity contribution in [2.75, 3.05) is 5.32 Å². The van der Waals surface area contributed by atoms with E-state index in [0.29, 0.717) is 0 Å². The summed E-state index contributed by atoms with van der Waals surface area (Å²) in [6.07, 6.45) is -20.9. The van der Waals surface area contributed by atoms with Gasteiger partial charge in [0.1, 0.15) is 0 Å². The Morgan fingerprint density at radius 2 is 1.23 bits per heavy atom. The van der Waals surface area contributed by atoms with Crippen LogP contribution >= 0.6 is 0 Å². The predicted octanol–water partition coefficient (Wildman–Crippen LogP) is 4.66. The summed E-state index contributed by atoms with van der Waals surface area (Å²) in [6.45, 7) is 0. The summed E-state index contributed by atoms with van der Waals surface area (Å²) in [6, 6.07) is 5.15. The highest BCUT2D eigenvalue weighted by molar-refractivity contribution is 5.96. The molecule has 1 aromatic rings. The van der Waals surface area contributed by atoms with Crippen LogP contribution in [0.4, 0.5) is 54.0 Å². The third kappa shape index (κ3) is 3.99. The van der Waals surface area contributed by atoms with Crippen LogP contribution in [0.15, 0.2) is 30.3 Å². The first-order valence-corrected chi connectivity index (χ1v) is 6.10. The van der Waals surface area contributed by atoms with Gasteiger partial charge in [-0.3, -0.25) is 9.53 Å². The monoisotopic (exact) mass is 405 g/mol. The molecule has 1 N–H and O–H groups in total. The van der Waals surface area contributed by atoms with E-state index in [0.717, 1.165) is 29.6 Å². The number of hydrogen-bond donors (Lipinski definition) is 1. The molecule has 0 fully saturated rings. The van der Waals surface area contributed by atoms with Crippen LogP contribution in [0.25, 0.3) is 0 Å². The number of para-hydroxylation sites is 1. The molecular weight excluding hydrogens is 399 g/mol. The second kappa shape index (κ2) is 6.55. The zero-order valence-corrected chi connectivity index (χ0v) is 11.9. The van der Waals surface area contributed by atoms with Crippen molar-refractivity contribution in [1.82, 2.24) is 0 Å². The van der Waals surface area contributed by atoms with E-state index < -0.39 is 41.8 Å². The standard InChI is InChI=1S/C12H6F11NO2/c13-8(10(16,17)18,7(25)24-6-4-2-1-3-5-6)26-12(22,23)9(14,15)11(19,20)21/h1-5H,(H,24,25). The Morgan fingerprint density at radius 3 is 1.62 bits per heavy atom. The molecule has 1 amide bonds. The molecule has 3 nitrogen and oxygen atoms in total. The number of amides is 1. The molecule has 1 unspecified atom stereocenters. The molecule has 0 radical (unpaired) electrons. The fourth-order valence-electron chi connectivity index (χ4n) is 1.37. The Labute approximate surface area is 136 Å². The second-order valence-corrected chi connectivity index (χ2v) is 4.60. The Bertz CT molecular complexity index is 641. The minimum absolute atomic E-state index is 0.613. The molecule has 0 aliphatic heterocycles. The lowest BCUT2D eigenvalue weighted by Gasteiger charge is -2.34. The van der Waals surface area contributed by atoms with Gasteiger partial charge in [-0.1, -0.05) is 18.2 Å². The van der Waals surface area contributed by atoms with Gasteiger partial charge in [0.05, 0.1) is 0 Å². The van der Waals surface area contributed by atoms with Crippen molar-refractivity contribution in [1.29, 1.82) is 0 Å². The van der Waals surface area contributed by atoms with Crippen molar-refractivity contribution in [3.8, 4) is 0 Å². The number of carbonyl (C=O) groups is 1. The van der Waals surface area contributed by atoms with Gasteiger partial charge in [0.25, 0.3) is 5.91 Å². The molecule has 26 heavy (non-hydrogen) atoms. The smallest absolute Gasteiger partial charge is 0.321 e. The van der Waals surface area contributed by atoms with Crippen molar-refractivity contribution in [3.63, 3.8) is 0 Å². The van der Waals surface area contributed by atoms with Gasteiger partial charge < -0.3 is 5.32 Å². The third-order valence-electron chi connectivity index (χ3n) is 2.68. The number of hydrogen-bond acceptors (Lipinski definition) is 2. The van der Waals surface area contributed by atoms with Crippen LogP contribution in [-0.4, -0.2) is 36.1 Å². The quantitative estimate of drug-likeness (QED) is 0.724. The number of anilines is 1. The molecule has 0 aliphatic carbocycles. The number of benzene rings is 1. The first kappa shape index (κ1) is 21.9. The molecule has 1 aromatic carbocycles. The summed E-state index contributed by atoms with van der Waals surface area (Å²) < 4.78 is 141. The second-order valence-electron chi connectivity index (χ2n) is 4.60. The van der Waals surface area contributed by atoms with E-state index in [1.165, 1.54) is 6.07 Å². The van der Waals surface area contributed by atoms with Crippen molar-refractivity contribution in [2.24, 2.45) is 0 Å². The molecule has 0 aliphatic rings. The molecule has 1 rings (SSSR count). The van der Waals surface area contributed by atoms with Crippen LogP contribution in [0.3, 0.4) is 0 Å². The van der Waals surface area contributed by atoms with E-state index in [4.69, 9.17) is 0 Å². The summed E-state index contributed by atoms with van der Waals surface area (Å²) in [5, 5.41) is 1.08. The van der Waals surface area contributed by atoms with Crippen LogP contribution in [-0.2, 0) is 9.53 Å². The van der Waals surface area contributed by atoms with Crippen LogP contribution in [0.5, 0.6) is 0 Å². The van der Waals surface area contributed by atoms with Crippen LogP contribution < -0.4 is 5.32 Å². The summed E-state index contributed by atoms with van der Waals surface area (Å²) in [7, 11) is 0. The van der Waals surface area contributed by atoms with Gasteiger partial charge in [-0.15, -0.1) is 0 Å². The molecule has 148 valence electrons. The molecule has 14 heteroatoms. The van der Waals surface area contributed by atoms with Crippen molar-refractivity contribution >= 4 is 11.6 Å². The first-order chi connectivity index (χ1) is 11.5. The van der Waals surface area contributed by atoms with E-state index in [9.17, 15) is 53.1 Å². The minimum atomic E-state index is -7.23. The summed E-state index contributed by atoms with van der Waals surface area (Å²) >= 11 is 0. The number of alkyl halides is 11. The lowest BCUT2D eigenvalue weighted by molar-refractivity contribution is -0.472. The third-order valence-corrected chi connectivity index (χ3v) is 2.68. The Balaban J connectivity index is 3.27. The average Bonchev–Trinajstić information content (AvgIpc) is 2.45. The predicted molar refractivity (Wildman–Crippen MR) is 62.0 cm³/mol. The van der Waals surface area contributed by atoms with Gasteiger partial charge in [0.2, 0.25) is 0 Å².